The molecule has 0 aromatic heterocycles. The Morgan fingerprint density at radius 3 is 2.44 bits per heavy atom. The van der Waals surface area contributed by atoms with Gasteiger partial charge < -0.3 is 10.2 Å². The maximum absolute atomic E-state index is 3.45. The molecule has 2 aliphatic heterocycles. The second-order valence-corrected chi connectivity index (χ2v) is 5.99. The Hall–Kier alpha value is -0.120. The Kier molecular flexibility index (Phi) is 3.88. The molecule has 0 amide bonds. The quantitative estimate of drug-likeness (QED) is 0.757. The van der Waals surface area contributed by atoms with Crippen LogP contribution in [-0.4, -0.2) is 61.7 Å². The lowest BCUT2D eigenvalue weighted by Crippen LogP contribution is -2.59. The predicted octanol–water partition coefficient (Wildman–Crippen LogP) is 1.01. The third-order valence-electron chi connectivity index (χ3n) is 4.56. The highest BCUT2D eigenvalue weighted by Crippen LogP contribution is 2.31. The van der Waals surface area contributed by atoms with E-state index in [0.29, 0.717) is 5.54 Å². The molecule has 2 aliphatic rings. The topological polar surface area (TPSA) is 18.5 Å². The molecular weight excluding hydrogens is 198 g/mol. The Bertz CT molecular complexity index is 221. The fourth-order valence-corrected chi connectivity index (χ4v) is 3.24. The van der Waals surface area contributed by atoms with Gasteiger partial charge in [0.05, 0.1) is 0 Å². The number of rotatable bonds is 2. The number of nitrogens with one attached hydrogen (secondary N) is 1. The molecule has 0 bridgehead atoms. The minimum Gasteiger partial charge on any atom is -0.314 e. The molecule has 0 aromatic rings. The summed E-state index contributed by atoms with van der Waals surface area (Å²) in [5.41, 5.74) is 0.372. The summed E-state index contributed by atoms with van der Waals surface area (Å²) in [6.07, 6.45) is 2.78. The molecule has 94 valence electrons. The molecule has 1 N–H and O–H groups in total. The van der Waals surface area contributed by atoms with Gasteiger partial charge in [-0.3, -0.25) is 4.90 Å². The van der Waals surface area contributed by atoms with E-state index in [1.807, 2.05) is 0 Å². The molecule has 1 unspecified atom stereocenters. The standard InChI is InChI=1S/C13H27N3/c1-13(2,16-9-6-14-7-10-16)12-5-4-8-15(3)11-12/h12,14H,4-11H2,1-3H3. The zero-order valence-corrected chi connectivity index (χ0v) is 11.1. The monoisotopic (exact) mass is 225 g/mol. The lowest BCUT2D eigenvalue weighted by molar-refractivity contribution is 0.0182. The molecule has 3 nitrogen and oxygen atoms in total. The van der Waals surface area contributed by atoms with Crippen molar-refractivity contribution in [3.8, 4) is 0 Å². The van der Waals surface area contributed by atoms with Gasteiger partial charge in [-0.25, -0.2) is 0 Å². The normalized spacial score (nSPS) is 30.6. The van der Waals surface area contributed by atoms with E-state index < -0.39 is 0 Å². The Morgan fingerprint density at radius 2 is 1.81 bits per heavy atom. The number of hydrogen-bond acceptors (Lipinski definition) is 3. The van der Waals surface area contributed by atoms with Crippen molar-refractivity contribution in [3.05, 3.63) is 0 Å². The smallest absolute Gasteiger partial charge is 0.0194 e. The van der Waals surface area contributed by atoms with Gasteiger partial charge in [0.25, 0.3) is 0 Å². The number of hydrogen-bond donors (Lipinski definition) is 1. The molecular formula is C13H27N3. The van der Waals surface area contributed by atoms with Crippen LogP contribution in [0.2, 0.25) is 0 Å². The maximum atomic E-state index is 3.45. The lowest BCUT2D eigenvalue weighted by atomic mass is 9.80. The first-order valence-corrected chi connectivity index (χ1v) is 6.75. The van der Waals surface area contributed by atoms with E-state index in [2.05, 4.69) is 36.0 Å². The van der Waals surface area contributed by atoms with Crippen molar-refractivity contribution in [2.24, 2.45) is 5.92 Å². The summed E-state index contributed by atoms with van der Waals surface area (Å²) in [6, 6.07) is 0. The molecule has 2 fully saturated rings. The van der Waals surface area contributed by atoms with Crippen LogP contribution in [0.5, 0.6) is 0 Å². The highest BCUT2D eigenvalue weighted by Gasteiger charge is 2.37. The van der Waals surface area contributed by atoms with E-state index in [4.69, 9.17) is 0 Å². The van der Waals surface area contributed by atoms with Crippen molar-refractivity contribution >= 4 is 0 Å². The first kappa shape index (κ1) is 12.3. The molecule has 0 radical (unpaired) electrons. The van der Waals surface area contributed by atoms with Gasteiger partial charge in [-0.2, -0.15) is 0 Å². The van der Waals surface area contributed by atoms with Crippen LogP contribution in [0.25, 0.3) is 0 Å². The van der Waals surface area contributed by atoms with Gasteiger partial charge in [-0.15, -0.1) is 0 Å². The minimum absolute atomic E-state index is 0.372. The Balaban J connectivity index is 1.98. The number of piperazine rings is 1. The van der Waals surface area contributed by atoms with Gasteiger partial charge >= 0.3 is 0 Å². The van der Waals surface area contributed by atoms with Crippen molar-refractivity contribution in [2.45, 2.75) is 32.2 Å². The third-order valence-corrected chi connectivity index (χ3v) is 4.56. The fourth-order valence-electron chi connectivity index (χ4n) is 3.24. The largest absolute Gasteiger partial charge is 0.314 e. The van der Waals surface area contributed by atoms with Crippen LogP contribution in [0.1, 0.15) is 26.7 Å². The van der Waals surface area contributed by atoms with Crippen LogP contribution < -0.4 is 5.32 Å². The summed E-state index contributed by atoms with van der Waals surface area (Å²) in [7, 11) is 2.26. The van der Waals surface area contributed by atoms with Gasteiger partial charge in [0.1, 0.15) is 0 Å². The van der Waals surface area contributed by atoms with Crippen LogP contribution >= 0.6 is 0 Å². The van der Waals surface area contributed by atoms with E-state index >= 15 is 0 Å². The van der Waals surface area contributed by atoms with E-state index in [9.17, 15) is 0 Å². The molecule has 2 heterocycles. The van der Waals surface area contributed by atoms with Gasteiger partial charge in [0.15, 0.2) is 0 Å². The maximum Gasteiger partial charge on any atom is 0.0194 e. The van der Waals surface area contributed by atoms with Crippen molar-refractivity contribution in [3.63, 3.8) is 0 Å². The molecule has 0 spiro atoms. The van der Waals surface area contributed by atoms with Crippen LogP contribution in [0.15, 0.2) is 0 Å². The first-order chi connectivity index (χ1) is 7.60. The fraction of sp³-hybridized carbons (Fsp3) is 1.00. The highest BCUT2D eigenvalue weighted by molar-refractivity contribution is 4.93. The molecule has 0 aromatic carbocycles. The van der Waals surface area contributed by atoms with Gasteiger partial charge in [0.2, 0.25) is 0 Å². The second-order valence-electron chi connectivity index (χ2n) is 5.99. The highest BCUT2D eigenvalue weighted by atomic mass is 15.2. The van der Waals surface area contributed by atoms with E-state index in [1.165, 1.54) is 39.0 Å². The van der Waals surface area contributed by atoms with E-state index in [1.54, 1.807) is 0 Å². The lowest BCUT2D eigenvalue weighted by Gasteiger charge is -2.48. The van der Waals surface area contributed by atoms with Gasteiger partial charge in [-0.1, -0.05) is 0 Å². The summed E-state index contributed by atoms with van der Waals surface area (Å²) in [5.74, 6) is 0.837. The molecule has 0 aliphatic carbocycles. The van der Waals surface area contributed by atoms with Crippen LogP contribution in [0.4, 0.5) is 0 Å². The second kappa shape index (κ2) is 5.03. The summed E-state index contributed by atoms with van der Waals surface area (Å²) < 4.78 is 0. The van der Waals surface area contributed by atoms with E-state index in [0.717, 1.165) is 19.0 Å². The third kappa shape index (κ3) is 2.58. The zero-order valence-electron chi connectivity index (χ0n) is 11.1. The molecule has 3 heteroatoms. The summed E-state index contributed by atoms with van der Waals surface area (Å²) in [4.78, 5) is 5.19. The van der Waals surface area contributed by atoms with Gasteiger partial charge in [0, 0.05) is 38.3 Å². The average molecular weight is 225 g/mol. The predicted molar refractivity (Wildman–Crippen MR) is 68.7 cm³/mol. The first-order valence-electron chi connectivity index (χ1n) is 6.75. The summed E-state index contributed by atoms with van der Waals surface area (Å²) in [5, 5.41) is 3.45. The van der Waals surface area contributed by atoms with Crippen molar-refractivity contribution in [2.75, 3.05) is 46.3 Å². The van der Waals surface area contributed by atoms with Crippen molar-refractivity contribution < 1.29 is 0 Å². The number of nitrogens with zero attached hydrogens (tertiary/aromatic N) is 2. The molecule has 0 saturated carbocycles. The molecule has 2 rings (SSSR count). The number of piperidine rings is 1. The van der Waals surface area contributed by atoms with Crippen LogP contribution in [-0.2, 0) is 0 Å². The molecule has 2 saturated heterocycles. The van der Waals surface area contributed by atoms with E-state index in [-0.39, 0.29) is 0 Å². The van der Waals surface area contributed by atoms with Gasteiger partial charge in [-0.05, 0) is 46.2 Å². The van der Waals surface area contributed by atoms with Crippen LogP contribution in [0.3, 0.4) is 0 Å². The molecule has 16 heavy (non-hydrogen) atoms. The van der Waals surface area contributed by atoms with Crippen molar-refractivity contribution in [1.29, 1.82) is 0 Å². The zero-order chi connectivity index (χ0) is 11.6. The SMILES string of the molecule is CN1CCCC(C(C)(C)N2CCNCC2)C1. The summed E-state index contributed by atoms with van der Waals surface area (Å²) in [6.45, 7) is 12.2. The number of likely N-dealkylation sites (tertiary alicyclic amines) is 1. The Morgan fingerprint density at radius 1 is 1.12 bits per heavy atom. The van der Waals surface area contributed by atoms with Crippen LogP contribution in [0, 0.1) is 5.92 Å². The Labute approximate surface area is 100 Å². The average Bonchev–Trinajstić information content (AvgIpc) is 2.30. The minimum atomic E-state index is 0.372. The summed E-state index contributed by atoms with van der Waals surface area (Å²) >= 11 is 0. The van der Waals surface area contributed by atoms with Crippen molar-refractivity contribution in [1.82, 2.24) is 15.1 Å². The molecule has 1 atom stereocenters.